The predicted octanol–water partition coefficient (Wildman–Crippen LogP) is 25.8. The fraction of sp³-hybridized carbons (Fsp3) is 0.508. The molecular formula is C65H92O2S8Si4. The quantitative estimate of drug-likeness (QED) is 0.0288. The van der Waals surface area contributed by atoms with Crippen LogP contribution in [0.3, 0.4) is 0 Å². The van der Waals surface area contributed by atoms with E-state index in [-0.39, 0.29) is 0 Å². The molecular weight excluding hydrogens is 1180 g/mol. The van der Waals surface area contributed by atoms with Crippen molar-refractivity contribution in [2.45, 2.75) is 212 Å². The molecule has 0 fully saturated rings. The highest BCUT2D eigenvalue weighted by Gasteiger charge is 2.34. The largest absolute Gasteiger partial charge is 0.455 e. The van der Waals surface area contributed by atoms with Crippen LogP contribution in [0.15, 0.2) is 97.1 Å². The summed E-state index contributed by atoms with van der Waals surface area (Å²) in [6, 6.07) is 42.6. The molecule has 0 aromatic carbocycles. The molecule has 0 saturated heterocycles. The summed E-state index contributed by atoms with van der Waals surface area (Å²) in [4.78, 5) is 22.9. The number of aryl methyl sites for hydroxylation is 4. The van der Waals surface area contributed by atoms with E-state index < -0.39 is 33.3 Å². The lowest BCUT2D eigenvalue weighted by atomic mass is 10.1. The van der Waals surface area contributed by atoms with Crippen LogP contribution in [0.5, 0.6) is 0 Å². The topological polar surface area (TPSA) is 18.5 Å². The maximum Gasteiger partial charge on any atom is 0.173 e. The van der Waals surface area contributed by atoms with Gasteiger partial charge in [0.05, 0.1) is 0 Å². The maximum atomic E-state index is 7.14. The van der Waals surface area contributed by atoms with Crippen LogP contribution >= 0.6 is 90.7 Å². The first-order valence-electron chi connectivity index (χ1n) is 30.1. The Labute approximate surface area is 514 Å². The minimum atomic E-state index is -1.73. The Morgan fingerprint density at radius 2 is 0.443 bits per heavy atom. The second-order valence-electron chi connectivity index (χ2n) is 24.6. The fourth-order valence-corrected chi connectivity index (χ4v) is 37.8. The van der Waals surface area contributed by atoms with Crippen LogP contribution in [0, 0.1) is 0 Å². The van der Waals surface area contributed by atoms with Crippen molar-refractivity contribution < 1.29 is 8.23 Å². The highest BCUT2D eigenvalue weighted by atomic mass is 32.1. The van der Waals surface area contributed by atoms with E-state index >= 15 is 0 Å². The zero-order valence-corrected chi connectivity index (χ0v) is 60.1. The highest BCUT2D eigenvalue weighted by molar-refractivity contribution is 7.29. The van der Waals surface area contributed by atoms with Gasteiger partial charge in [-0.25, -0.2) is 0 Å². The third kappa shape index (κ3) is 20.3. The summed E-state index contributed by atoms with van der Waals surface area (Å²) in [5, 5.41) is 0. The standard InChI is InChI=1S/C65H92O2S8Si4/c1-11-13-15-20-26-50-30-34-54(68-50)58-38-42-62(72-58)64-44-40-60(74-64)56-36-32-52(70-56)28-24-48-78(7,8)66-76(3,4)46-22-18-17-19-23-47-77(5,6)67-79(9,10)49-25-29-53-33-37-57(71-53)61-41-45-65(75-61)63-43-39-59(73-63)55-35-31-51(69-55)27-21-16-14-12-2/h30-45H,11-29,46-49H2,1-10H3. The van der Waals surface area contributed by atoms with Gasteiger partial charge in [-0.2, -0.15) is 0 Å². The van der Waals surface area contributed by atoms with E-state index in [2.05, 4.69) is 163 Å². The average Bonchev–Trinajstić information content (AvgIpc) is 4.25. The van der Waals surface area contributed by atoms with Crippen molar-refractivity contribution in [1.82, 2.24) is 0 Å². The lowest BCUT2D eigenvalue weighted by molar-refractivity contribution is 0.520. The molecule has 0 spiro atoms. The Morgan fingerprint density at radius 3 is 0.709 bits per heavy atom. The molecule has 0 aliphatic heterocycles. The summed E-state index contributed by atoms with van der Waals surface area (Å²) in [7, 11) is -6.85. The van der Waals surface area contributed by atoms with Crippen molar-refractivity contribution in [1.29, 1.82) is 0 Å². The molecule has 8 rings (SSSR count). The summed E-state index contributed by atoms with van der Waals surface area (Å²) in [6.07, 6.45) is 24.5. The number of rotatable bonds is 36. The molecule has 8 aromatic heterocycles. The molecule has 2 nitrogen and oxygen atoms in total. The third-order valence-corrected chi connectivity index (χ3v) is 40.3. The van der Waals surface area contributed by atoms with Gasteiger partial charge >= 0.3 is 0 Å². The van der Waals surface area contributed by atoms with Gasteiger partial charge in [0.15, 0.2) is 33.3 Å². The van der Waals surface area contributed by atoms with Crippen LogP contribution in [-0.2, 0) is 33.9 Å². The molecule has 8 aromatic rings. The second-order valence-corrected chi connectivity index (χ2v) is 51.3. The number of hydrogen-bond acceptors (Lipinski definition) is 10. The van der Waals surface area contributed by atoms with Gasteiger partial charge in [0.2, 0.25) is 0 Å². The van der Waals surface area contributed by atoms with E-state index in [0.717, 1.165) is 12.8 Å². The van der Waals surface area contributed by atoms with E-state index in [1.165, 1.54) is 211 Å². The van der Waals surface area contributed by atoms with E-state index in [4.69, 9.17) is 8.23 Å². The lowest BCUT2D eigenvalue weighted by Gasteiger charge is -2.34. The molecule has 0 saturated carbocycles. The lowest BCUT2D eigenvalue weighted by Crippen LogP contribution is -2.44. The van der Waals surface area contributed by atoms with Gasteiger partial charge in [0, 0.05) is 78.0 Å². The normalized spacial score (nSPS) is 12.7. The van der Waals surface area contributed by atoms with Gasteiger partial charge in [0.1, 0.15) is 0 Å². The summed E-state index contributed by atoms with van der Waals surface area (Å²) >= 11 is 15.7. The average molecular weight is 1270 g/mol. The first-order valence-corrected chi connectivity index (χ1v) is 49.1. The summed E-state index contributed by atoms with van der Waals surface area (Å²) < 4.78 is 14.3. The molecule has 79 heavy (non-hydrogen) atoms. The zero-order chi connectivity index (χ0) is 55.9. The van der Waals surface area contributed by atoms with Crippen molar-refractivity contribution >= 4 is 124 Å². The van der Waals surface area contributed by atoms with Crippen LogP contribution in [0.25, 0.3) is 58.5 Å². The molecule has 428 valence electrons. The van der Waals surface area contributed by atoms with Crippen LogP contribution in [-0.4, -0.2) is 33.3 Å². The van der Waals surface area contributed by atoms with Crippen molar-refractivity contribution in [3.05, 3.63) is 117 Å². The summed E-state index contributed by atoms with van der Waals surface area (Å²) in [5.74, 6) is 0. The van der Waals surface area contributed by atoms with Crippen LogP contribution in [0.4, 0.5) is 0 Å². The fourth-order valence-electron chi connectivity index (χ4n) is 11.2. The molecule has 0 atom stereocenters. The second kappa shape index (κ2) is 30.5. The molecule has 14 heteroatoms. The van der Waals surface area contributed by atoms with Gasteiger partial charge < -0.3 is 8.23 Å². The highest BCUT2D eigenvalue weighted by Crippen LogP contribution is 2.45. The van der Waals surface area contributed by atoms with Crippen molar-refractivity contribution in [3.8, 4) is 58.5 Å². The minimum absolute atomic E-state index is 1.16. The first-order chi connectivity index (χ1) is 37.9. The molecule has 0 amide bonds. The molecule has 0 aliphatic carbocycles. The third-order valence-electron chi connectivity index (χ3n) is 15.1. The van der Waals surface area contributed by atoms with Crippen LogP contribution in [0.2, 0.25) is 76.6 Å². The Kier molecular flexibility index (Phi) is 24.4. The Morgan fingerprint density at radius 1 is 0.241 bits per heavy atom. The molecule has 0 N–H and O–H groups in total. The Balaban J connectivity index is 0.672. The number of thiophene rings is 8. The van der Waals surface area contributed by atoms with Crippen LogP contribution in [0.1, 0.15) is 130 Å². The van der Waals surface area contributed by atoms with Gasteiger partial charge in [-0.3, -0.25) is 0 Å². The van der Waals surface area contributed by atoms with E-state index in [0.29, 0.717) is 0 Å². The van der Waals surface area contributed by atoms with Gasteiger partial charge in [-0.1, -0.05) is 84.5 Å². The zero-order valence-electron chi connectivity index (χ0n) is 49.6. The van der Waals surface area contributed by atoms with Crippen LogP contribution < -0.4 is 0 Å². The van der Waals surface area contributed by atoms with E-state index in [9.17, 15) is 0 Å². The molecule has 0 aliphatic rings. The molecule has 0 radical (unpaired) electrons. The van der Waals surface area contributed by atoms with Crippen molar-refractivity contribution in [2.75, 3.05) is 0 Å². The van der Waals surface area contributed by atoms with Crippen molar-refractivity contribution in [3.63, 3.8) is 0 Å². The number of unbranched alkanes of at least 4 members (excludes halogenated alkanes) is 10. The van der Waals surface area contributed by atoms with Gasteiger partial charge in [0.25, 0.3) is 0 Å². The van der Waals surface area contributed by atoms with E-state index in [1.54, 1.807) is 0 Å². The van der Waals surface area contributed by atoms with Crippen molar-refractivity contribution in [2.24, 2.45) is 0 Å². The van der Waals surface area contributed by atoms with E-state index in [1.807, 2.05) is 90.7 Å². The van der Waals surface area contributed by atoms with Gasteiger partial charge in [-0.05, 0) is 225 Å². The minimum Gasteiger partial charge on any atom is -0.455 e. The first kappa shape index (κ1) is 63.4. The summed E-state index contributed by atoms with van der Waals surface area (Å²) in [5.41, 5.74) is 0. The smallest absolute Gasteiger partial charge is 0.173 e. The summed E-state index contributed by atoms with van der Waals surface area (Å²) in [6.45, 7) is 24.4. The molecule has 0 unspecified atom stereocenters. The van der Waals surface area contributed by atoms with Gasteiger partial charge in [-0.15, -0.1) is 90.7 Å². The Hall–Kier alpha value is -1.61. The molecule has 0 bridgehead atoms. The maximum absolute atomic E-state index is 7.14. The molecule has 8 heterocycles. The SMILES string of the molecule is CCCCCCc1ccc(-c2ccc(-c3ccc(-c4ccc(CCC[Si](C)(C)O[Si](C)(C)CCCCCCC[Si](C)(C)O[Si](C)(C)CCCc5ccc(-c6ccc(-c7ccc(-c8ccc(CCCCCC)s8)s7)s6)s5)s4)s3)s2)s1. The monoisotopic (exact) mass is 1270 g/mol. The Bertz CT molecular complexity index is 2840. The predicted molar refractivity (Wildman–Crippen MR) is 375 cm³/mol. The number of hydrogen-bond donors (Lipinski definition) is 0.